The number of hydrogen-bond donors (Lipinski definition) is 2. The molecule has 1 saturated heterocycles. The summed E-state index contributed by atoms with van der Waals surface area (Å²) in [5.74, 6) is -1.98. The van der Waals surface area contributed by atoms with Crippen LogP contribution in [0.15, 0.2) is 24.3 Å². The molecule has 1 aliphatic heterocycles. The van der Waals surface area contributed by atoms with Crippen LogP contribution < -0.4 is 10.1 Å². The summed E-state index contributed by atoms with van der Waals surface area (Å²) in [7, 11) is 0. The number of ether oxygens (including phenoxy) is 1. The molecule has 0 spiro atoms. The summed E-state index contributed by atoms with van der Waals surface area (Å²) in [6.45, 7) is 4.48. The summed E-state index contributed by atoms with van der Waals surface area (Å²) in [6.07, 6.45) is -4.75. The smallest absolute Gasteiger partial charge is 0.481 e. The van der Waals surface area contributed by atoms with E-state index in [1.54, 1.807) is 11.8 Å². The summed E-state index contributed by atoms with van der Waals surface area (Å²) in [5, 5.41) is 11.9. The minimum absolute atomic E-state index is 0.0288. The van der Waals surface area contributed by atoms with Crippen molar-refractivity contribution < 1.29 is 32.6 Å². The first kappa shape index (κ1) is 20.0. The molecule has 2 N–H and O–H groups in total. The van der Waals surface area contributed by atoms with E-state index in [4.69, 9.17) is 5.11 Å². The van der Waals surface area contributed by atoms with Crippen molar-refractivity contribution in [3.8, 4) is 5.75 Å². The number of hydrogen-bond acceptors (Lipinski definition) is 4. The zero-order chi connectivity index (χ0) is 19.5. The van der Waals surface area contributed by atoms with Gasteiger partial charge >= 0.3 is 12.3 Å². The molecule has 0 saturated carbocycles. The molecule has 1 heterocycles. The molecule has 0 aromatic heterocycles. The van der Waals surface area contributed by atoms with E-state index >= 15 is 0 Å². The largest absolute Gasteiger partial charge is 0.573 e. The third-order valence-corrected chi connectivity index (χ3v) is 4.36. The van der Waals surface area contributed by atoms with Gasteiger partial charge in [0.15, 0.2) is 0 Å². The van der Waals surface area contributed by atoms with Crippen LogP contribution in [0, 0.1) is 11.8 Å². The van der Waals surface area contributed by atoms with Gasteiger partial charge in [0.1, 0.15) is 5.75 Å². The van der Waals surface area contributed by atoms with E-state index in [0.29, 0.717) is 18.7 Å². The fourth-order valence-electron chi connectivity index (χ4n) is 3.05. The zero-order valence-corrected chi connectivity index (χ0v) is 14.4. The molecule has 1 unspecified atom stereocenters. The molecule has 6 nitrogen and oxygen atoms in total. The highest BCUT2D eigenvalue weighted by molar-refractivity contribution is 5.79. The van der Waals surface area contributed by atoms with Crippen LogP contribution in [0.4, 0.5) is 13.2 Å². The fourth-order valence-corrected chi connectivity index (χ4v) is 3.05. The van der Waals surface area contributed by atoms with Crippen LogP contribution in [0.5, 0.6) is 5.75 Å². The minimum Gasteiger partial charge on any atom is -0.481 e. The molecule has 0 aliphatic carbocycles. The van der Waals surface area contributed by atoms with Crippen molar-refractivity contribution in [2.75, 3.05) is 19.6 Å². The number of carboxylic acid groups (broad SMARTS) is 1. The standard InChI is InChI=1S/C17H21F3N2O4/c1-10-7-22(8-14(10)16(24)25)9-15(23)21-11(2)12-3-5-13(6-4-12)26-17(18,19)20/h3-6,10-11,14H,7-9H2,1-2H3,(H,21,23)(H,24,25)/t10-,11?,14-/m1/s1. The Bertz CT molecular complexity index is 648. The number of likely N-dealkylation sites (tertiary alicyclic amines) is 1. The number of amides is 1. The molecule has 1 aromatic rings. The first-order valence-corrected chi connectivity index (χ1v) is 8.15. The number of carbonyl (C=O) groups excluding carboxylic acids is 1. The Balaban J connectivity index is 1.86. The number of nitrogens with one attached hydrogen (secondary N) is 1. The molecule has 1 aromatic carbocycles. The van der Waals surface area contributed by atoms with Gasteiger partial charge < -0.3 is 15.2 Å². The van der Waals surface area contributed by atoms with Crippen LogP contribution in [0.2, 0.25) is 0 Å². The molecule has 26 heavy (non-hydrogen) atoms. The summed E-state index contributed by atoms with van der Waals surface area (Å²) in [6, 6.07) is 4.86. The van der Waals surface area contributed by atoms with Crippen molar-refractivity contribution in [3.63, 3.8) is 0 Å². The number of benzene rings is 1. The lowest BCUT2D eigenvalue weighted by Crippen LogP contribution is -2.37. The number of nitrogens with zero attached hydrogens (tertiary/aromatic N) is 1. The topological polar surface area (TPSA) is 78.9 Å². The average Bonchev–Trinajstić information content (AvgIpc) is 2.86. The predicted octanol–water partition coefficient (Wildman–Crippen LogP) is 2.41. The molecule has 144 valence electrons. The normalized spacial score (nSPS) is 22.0. The second-order valence-corrected chi connectivity index (χ2v) is 6.52. The number of carboxylic acids is 1. The van der Waals surface area contributed by atoms with Gasteiger partial charge in [0, 0.05) is 13.1 Å². The van der Waals surface area contributed by atoms with Crippen LogP contribution in [0.1, 0.15) is 25.5 Å². The molecule has 0 bridgehead atoms. The Labute approximate surface area is 148 Å². The molecule has 0 radical (unpaired) electrons. The van der Waals surface area contributed by atoms with Gasteiger partial charge in [-0.2, -0.15) is 0 Å². The molecular weight excluding hydrogens is 353 g/mol. The van der Waals surface area contributed by atoms with Crippen molar-refractivity contribution in [2.45, 2.75) is 26.3 Å². The van der Waals surface area contributed by atoms with E-state index in [9.17, 15) is 22.8 Å². The third kappa shape index (κ3) is 5.62. The van der Waals surface area contributed by atoms with Gasteiger partial charge in [-0.05, 0) is 30.5 Å². The first-order valence-electron chi connectivity index (χ1n) is 8.15. The zero-order valence-electron chi connectivity index (χ0n) is 14.4. The van der Waals surface area contributed by atoms with Gasteiger partial charge in [-0.15, -0.1) is 13.2 Å². The maximum atomic E-state index is 12.2. The molecular formula is C17H21F3N2O4. The van der Waals surface area contributed by atoms with E-state index in [1.807, 2.05) is 6.92 Å². The summed E-state index contributed by atoms with van der Waals surface area (Å²) < 4.78 is 40.3. The molecule has 2 rings (SSSR count). The van der Waals surface area contributed by atoms with Crippen molar-refractivity contribution in [1.29, 1.82) is 0 Å². The van der Waals surface area contributed by atoms with E-state index in [1.165, 1.54) is 24.3 Å². The Morgan fingerprint density at radius 2 is 1.92 bits per heavy atom. The number of rotatable bonds is 6. The van der Waals surface area contributed by atoms with Crippen molar-refractivity contribution in [3.05, 3.63) is 29.8 Å². The average molecular weight is 374 g/mol. The quantitative estimate of drug-likeness (QED) is 0.800. The highest BCUT2D eigenvalue weighted by Crippen LogP contribution is 2.25. The van der Waals surface area contributed by atoms with Gasteiger partial charge in [-0.1, -0.05) is 19.1 Å². The molecule has 1 amide bonds. The number of alkyl halides is 3. The van der Waals surface area contributed by atoms with Gasteiger partial charge in [-0.25, -0.2) is 0 Å². The highest BCUT2D eigenvalue weighted by Gasteiger charge is 2.35. The van der Waals surface area contributed by atoms with Crippen molar-refractivity contribution in [1.82, 2.24) is 10.2 Å². The van der Waals surface area contributed by atoms with Gasteiger partial charge in [-0.3, -0.25) is 14.5 Å². The molecule has 1 aliphatic rings. The summed E-state index contributed by atoms with van der Waals surface area (Å²) in [5.41, 5.74) is 0.631. The molecule has 1 fully saturated rings. The van der Waals surface area contributed by atoms with Crippen LogP contribution in [-0.4, -0.2) is 47.9 Å². The predicted molar refractivity (Wildman–Crippen MR) is 86.4 cm³/mol. The maximum absolute atomic E-state index is 12.2. The Kier molecular flexibility index (Phi) is 6.12. The van der Waals surface area contributed by atoms with Gasteiger partial charge in [0.2, 0.25) is 5.91 Å². The lowest BCUT2D eigenvalue weighted by molar-refractivity contribution is -0.274. The van der Waals surface area contributed by atoms with Crippen molar-refractivity contribution in [2.24, 2.45) is 11.8 Å². The third-order valence-electron chi connectivity index (χ3n) is 4.36. The molecule has 9 heteroatoms. The van der Waals surface area contributed by atoms with E-state index in [2.05, 4.69) is 10.1 Å². The van der Waals surface area contributed by atoms with Crippen LogP contribution >= 0.6 is 0 Å². The van der Waals surface area contributed by atoms with Crippen molar-refractivity contribution >= 4 is 11.9 Å². The number of carbonyl (C=O) groups is 2. The number of halogens is 3. The fraction of sp³-hybridized carbons (Fsp3) is 0.529. The molecule has 3 atom stereocenters. The Morgan fingerprint density at radius 1 is 1.31 bits per heavy atom. The van der Waals surface area contributed by atoms with E-state index in [0.717, 1.165) is 0 Å². The van der Waals surface area contributed by atoms with Crippen LogP contribution in [0.25, 0.3) is 0 Å². The Hall–Kier alpha value is -2.29. The van der Waals surface area contributed by atoms with E-state index < -0.39 is 24.3 Å². The highest BCUT2D eigenvalue weighted by atomic mass is 19.4. The minimum atomic E-state index is -4.75. The summed E-state index contributed by atoms with van der Waals surface area (Å²) >= 11 is 0. The first-order chi connectivity index (χ1) is 12.0. The Morgan fingerprint density at radius 3 is 2.42 bits per heavy atom. The van der Waals surface area contributed by atoms with Crippen LogP contribution in [0.3, 0.4) is 0 Å². The SMILES string of the molecule is CC(NC(=O)CN1C[C@@H](C)[C@H](C(=O)O)C1)c1ccc(OC(F)(F)F)cc1. The van der Waals surface area contributed by atoms with Crippen LogP contribution in [-0.2, 0) is 9.59 Å². The second kappa shape index (κ2) is 7.94. The maximum Gasteiger partial charge on any atom is 0.573 e. The monoisotopic (exact) mass is 374 g/mol. The lowest BCUT2D eigenvalue weighted by Gasteiger charge is -2.19. The van der Waals surface area contributed by atoms with Gasteiger partial charge in [0.05, 0.1) is 18.5 Å². The van der Waals surface area contributed by atoms with Gasteiger partial charge in [0.25, 0.3) is 0 Å². The summed E-state index contributed by atoms with van der Waals surface area (Å²) in [4.78, 5) is 25.0. The van der Waals surface area contributed by atoms with E-state index in [-0.39, 0.29) is 24.1 Å². The lowest BCUT2D eigenvalue weighted by atomic mass is 9.99. The second-order valence-electron chi connectivity index (χ2n) is 6.52. The number of aliphatic carboxylic acids is 1.